The maximum absolute atomic E-state index is 13.4. The number of amides is 2. The standard InChI is InChI=1S/C25H31FN4O2/c1-17-22(15-24(32)29-10-4-3-5-11-29)18(2)28-25(27-17)20-9-12-30(16-20)23(31)14-19-7-6-8-21(26)13-19/h6-8,13,20H,3-5,9-12,14-16H2,1-2H3/t20-/m1/s1. The quantitative estimate of drug-likeness (QED) is 0.718. The van der Waals surface area contributed by atoms with E-state index >= 15 is 0 Å². The van der Waals surface area contributed by atoms with Gasteiger partial charge in [0.05, 0.1) is 12.8 Å². The van der Waals surface area contributed by atoms with E-state index in [9.17, 15) is 14.0 Å². The van der Waals surface area contributed by atoms with Crippen LogP contribution in [0.2, 0.25) is 0 Å². The van der Waals surface area contributed by atoms with Gasteiger partial charge in [0, 0.05) is 49.0 Å². The number of halogens is 1. The first-order chi connectivity index (χ1) is 15.4. The smallest absolute Gasteiger partial charge is 0.227 e. The number of hydrogen-bond acceptors (Lipinski definition) is 4. The number of hydrogen-bond donors (Lipinski definition) is 0. The molecular weight excluding hydrogens is 407 g/mol. The molecule has 7 heteroatoms. The van der Waals surface area contributed by atoms with Crippen LogP contribution in [0.1, 0.15) is 59.9 Å². The summed E-state index contributed by atoms with van der Waals surface area (Å²) in [6.45, 7) is 6.79. The fourth-order valence-corrected chi connectivity index (χ4v) is 4.74. The van der Waals surface area contributed by atoms with Crippen LogP contribution in [0.3, 0.4) is 0 Å². The van der Waals surface area contributed by atoms with Crippen molar-refractivity contribution in [2.75, 3.05) is 26.2 Å². The molecule has 4 rings (SSSR count). The summed E-state index contributed by atoms with van der Waals surface area (Å²) in [5.41, 5.74) is 3.30. The first-order valence-electron chi connectivity index (χ1n) is 11.5. The predicted octanol–water partition coefficient (Wildman–Crippen LogP) is 3.35. The average molecular weight is 439 g/mol. The number of piperidine rings is 1. The number of carbonyl (C=O) groups is 2. The molecule has 170 valence electrons. The SMILES string of the molecule is Cc1nc([C@@H]2CCN(C(=O)Cc3cccc(F)c3)C2)nc(C)c1CC(=O)N1CCCCC1. The highest BCUT2D eigenvalue weighted by atomic mass is 19.1. The van der Waals surface area contributed by atoms with Gasteiger partial charge in [-0.2, -0.15) is 0 Å². The summed E-state index contributed by atoms with van der Waals surface area (Å²) in [6, 6.07) is 6.19. The van der Waals surface area contributed by atoms with Gasteiger partial charge in [-0.15, -0.1) is 0 Å². The number of nitrogens with zero attached hydrogens (tertiary/aromatic N) is 4. The Hall–Kier alpha value is -2.83. The predicted molar refractivity (Wildman–Crippen MR) is 120 cm³/mol. The minimum Gasteiger partial charge on any atom is -0.342 e. The Morgan fingerprint density at radius 2 is 1.66 bits per heavy atom. The van der Waals surface area contributed by atoms with Crippen LogP contribution in [-0.4, -0.2) is 57.8 Å². The van der Waals surface area contributed by atoms with Gasteiger partial charge in [0.15, 0.2) is 0 Å². The molecule has 1 aromatic carbocycles. The Morgan fingerprint density at radius 3 is 2.34 bits per heavy atom. The van der Waals surface area contributed by atoms with Crippen LogP contribution < -0.4 is 0 Å². The lowest BCUT2D eigenvalue weighted by Crippen LogP contribution is -2.37. The first kappa shape index (κ1) is 22.4. The second-order valence-corrected chi connectivity index (χ2v) is 8.98. The molecule has 2 aliphatic rings. The van der Waals surface area contributed by atoms with Crippen molar-refractivity contribution in [2.24, 2.45) is 0 Å². The molecule has 1 aromatic heterocycles. The lowest BCUT2D eigenvalue weighted by Gasteiger charge is -2.27. The summed E-state index contributed by atoms with van der Waals surface area (Å²) in [7, 11) is 0. The van der Waals surface area contributed by atoms with Gasteiger partial charge < -0.3 is 9.80 Å². The van der Waals surface area contributed by atoms with Crippen molar-refractivity contribution in [2.45, 2.75) is 58.3 Å². The van der Waals surface area contributed by atoms with E-state index in [-0.39, 0.29) is 30.0 Å². The van der Waals surface area contributed by atoms with Crippen molar-refractivity contribution >= 4 is 11.8 Å². The number of likely N-dealkylation sites (tertiary alicyclic amines) is 2. The Kier molecular flexibility index (Phi) is 6.82. The second-order valence-electron chi connectivity index (χ2n) is 8.98. The van der Waals surface area contributed by atoms with Crippen LogP contribution in [0.5, 0.6) is 0 Å². The lowest BCUT2D eigenvalue weighted by molar-refractivity contribution is -0.131. The van der Waals surface area contributed by atoms with Crippen molar-refractivity contribution in [3.8, 4) is 0 Å². The third-order valence-electron chi connectivity index (χ3n) is 6.63. The highest BCUT2D eigenvalue weighted by Gasteiger charge is 2.30. The van der Waals surface area contributed by atoms with Crippen LogP contribution in [0.25, 0.3) is 0 Å². The van der Waals surface area contributed by atoms with Gasteiger partial charge in [-0.05, 0) is 57.2 Å². The van der Waals surface area contributed by atoms with E-state index in [0.717, 1.165) is 55.1 Å². The van der Waals surface area contributed by atoms with E-state index in [4.69, 9.17) is 9.97 Å². The highest BCUT2D eigenvalue weighted by Crippen LogP contribution is 2.27. The molecule has 2 saturated heterocycles. The maximum atomic E-state index is 13.4. The summed E-state index contributed by atoms with van der Waals surface area (Å²) in [5, 5.41) is 0. The summed E-state index contributed by atoms with van der Waals surface area (Å²) in [4.78, 5) is 38.6. The second kappa shape index (κ2) is 9.76. The number of aromatic nitrogens is 2. The summed E-state index contributed by atoms with van der Waals surface area (Å²) in [5.74, 6) is 0.649. The molecule has 0 radical (unpaired) electrons. The fraction of sp³-hybridized carbons (Fsp3) is 0.520. The number of rotatable bonds is 5. The van der Waals surface area contributed by atoms with Crippen LogP contribution in [0.15, 0.2) is 24.3 Å². The van der Waals surface area contributed by atoms with Crippen LogP contribution >= 0.6 is 0 Å². The molecule has 32 heavy (non-hydrogen) atoms. The molecule has 2 aliphatic heterocycles. The molecule has 0 bridgehead atoms. The maximum Gasteiger partial charge on any atom is 0.227 e. The van der Waals surface area contributed by atoms with Gasteiger partial charge in [0.1, 0.15) is 11.6 Å². The topological polar surface area (TPSA) is 66.4 Å². The Bertz CT molecular complexity index is 980. The highest BCUT2D eigenvalue weighted by molar-refractivity contribution is 5.80. The molecule has 1 atom stereocenters. The molecule has 0 N–H and O–H groups in total. The van der Waals surface area contributed by atoms with Gasteiger partial charge in [-0.3, -0.25) is 9.59 Å². The van der Waals surface area contributed by atoms with Crippen molar-refractivity contribution < 1.29 is 14.0 Å². The fourth-order valence-electron chi connectivity index (χ4n) is 4.74. The minimum atomic E-state index is -0.326. The van der Waals surface area contributed by atoms with E-state index in [2.05, 4.69) is 0 Å². The monoisotopic (exact) mass is 438 g/mol. The minimum absolute atomic E-state index is 0.00436. The number of carbonyl (C=O) groups excluding carboxylic acids is 2. The van der Waals surface area contributed by atoms with E-state index in [1.54, 1.807) is 12.1 Å². The summed E-state index contributed by atoms with van der Waals surface area (Å²) in [6.07, 6.45) is 4.70. The molecule has 2 fully saturated rings. The number of aryl methyl sites for hydroxylation is 2. The number of benzene rings is 1. The summed E-state index contributed by atoms with van der Waals surface area (Å²) < 4.78 is 13.4. The molecule has 2 aromatic rings. The van der Waals surface area contributed by atoms with Crippen molar-refractivity contribution in [3.05, 3.63) is 58.4 Å². The van der Waals surface area contributed by atoms with E-state index in [1.165, 1.54) is 18.6 Å². The van der Waals surface area contributed by atoms with E-state index in [1.807, 2.05) is 23.6 Å². The zero-order valence-electron chi connectivity index (χ0n) is 18.9. The zero-order valence-corrected chi connectivity index (χ0v) is 18.9. The molecule has 3 heterocycles. The van der Waals surface area contributed by atoms with Crippen LogP contribution in [-0.2, 0) is 22.4 Å². The average Bonchev–Trinajstić information content (AvgIpc) is 3.27. The van der Waals surface area contributed by atoms with Crippen LogP contribution in [0, 0.1) is 19.7 Å². The molecular formula is C25H31FN4O2. The zero-order chi connectivity index (χ0) is 22.7. The molecule has 0 saturated carbocycles. The third-order valence-corrected chi connectivity index (χ3v) is 6.63. The van der Waals surface area contributed by atoms with Gasteiger partial charge >= 0.3 is 0 Å². The molecule has 0 aliphatic carbocycles. The Morgan fingerprint density at radius 1 is 0.969 bits per heavy atom. The normalized spacial score (nSPS) is 18.8. The largest absolute Gasteiger partial charge is 0.342 e. The lowest BCUT2D eigenvalue weighted by atomic mass is 10.0. The van der Waals surface area contributed by atoms with Gasteiger partial charge in [0.2, 0.25) is 11.8 Å². The van der Waals surface area contributed by atoms with Crippen molar-refractivity contribution in [3.63, 3.8) is 0 Å². The van der Waals surface area contributed by atoms with E-state index in [0.29, 0.717) is 25.1 Å². The molecule has 0 spiro atoms. The van der Waals surface area contributed by atoms with Gasteiger partial charge in [-0.25, -0.2) is 14.4 Å². The third kappa shape index (κ3) is 5.14. The van der Waals surface area contributed by atoms with Crippen LogP contribution in [0.4, 0.5) is 4.39 Å². The summed E-state index contributed by atoms with van der Waals surface area (Å²) >= 11 is 0. The Balaban J connectivity index is 1.39. The van der Waals surface area contributed by atoms with Gasteiger partial charge in [-0.1, -0.05) is 12.1 Å². The van der Waals surface area contributed by atoms with Gasteiger partial charge in [0.25, 0.3) is 0 Å². The first-order valence-corrected chi connectivity index (χ1v) is 11.5. The molecule has 6 nitrogen and oxygen atoms in total. The van der Waals surface area contributed by atoms with Crippen molar-refractivity contribution in [1.82, 2.24) is 19.8 Å². The van der Waals surface area contributed by atoms with E-state index < -0.39 is 0 Å². The van der Waals surface area contributed by atoms with Crippen molar-refractivity contribution in [1.29, 1.82) is 0 Å². The molecule has 2 amide bonds. The Labute approximate surface area is 188 Å². The molecule has 0 unspecified atom stereocenters.